The maximum atomic E-state index is 12.9. The fourth-order valence-corrected chi connectivity index (χ4v) is 3.03. The minimum absolute atomic E-state index is 0. The highest BCUT2D eigenvalue weighted by Crippen LogP contribution is 2.20. The lowest BCUT2D eigenvalue weighted by Crippen LogP contribution is -2.37. The van der Waals surface area contributed by atoms with Crippen LogP contribution in [0.3, 0.4) is 0 Å². The maximum Gasteiger partial charge on any atom is 0.270 e. The summed E-state index contributed by atoms with van der Waals surface area (Å²) < 4.78 is 0. The predicted molar refractivity (Wildman–Crippen MR) is 103 cm³/mol. The number of nitrogens with zero attached hydrogens (tertiary/aromatic N) is 1. The predicted octanol–water partition coefficient (Wildman–Crippen LogP) is 2.90. The van der Waals surface area contributed by atoms with Crippen molar-refractivity contribution in [3.8, 4) is 0 Å². The summed E-state index contributed by atoms with van der Waals surface area (Å²) in [5.74, 6) is -0.139. The number of halogens is 1. The van der Waals surface area contributed by atoms with Gasteiger partial charge in [0, 0.05) is 30.9 Å². The number of carbonyl (C=O) groups excluding carboxylic acids is 2. The lowest BCUT2D eigenvalue weighted by Gasteiger charge is -2.22. The molecule has 1 amide bonds. The van der Waals surface area contributed by atoms with Crippen molar-refractivity contribution in [3.63, 3.8) is 0 Å². The molecule has 1 aromatic carbocycles. The van der Waals surface area contributed by atoms with Crippen molar-refractivity contribution in [2.45, 2.75) is 27.2 Å². The first kappa shape index (κ1) is 20.9. The number of nitrogens with two attached hydrogens (primary N) is 1. The van der Waals surface area contributed by atoms with Gasteiger partial charge in [0.15, 0.2) is 5.78 Å². The number of ketones is 1. The molecule has 3 N–H and O–H groups in total. The Hall–Kier alpha value is -2.11. The Balaban J connectivity index is 0.00000312. The molecule has 0 spiro atoms. The molecule has 25 heavy (non-hydrogen) atoms. The minimum atomic E-state index is -0.107. The van der Waals surface area contributed by atoms with E-state index in [-0.39, 0.29) is 24.1 Å². The average molecular weight is 364 g/mol. The molecule has 1 aromatic heterocycles. The molecule has 0 atom stereocenters. The molecule has 0 aliphatic carbocycles. The number of hydrogen-bond donors (Lipinski definition) is 2. The largest absolute Gasteiger partial charge is 0.354 e. The first-order valence-corrected chi connectivity index (χ1v) is 8.19. The minimum Gasteiger partial charge on any atom is -0.354 e. The van der Waals surface area contributed by atoms with Crippen LogP contribution in [0.1, 0.15) is 44.6 Å². The Kier molecular flexibility index (Phi) is 7.87. The summed E-state index contributed by atoms with van der Waals surface area (Å²) in [5, 5.41) is 0. The number of aromatic nitrogens is 1. The Morgan fingerprint density at radius 2 is 1.76 bits per heavy atom. The number of carbonyl (C=O) groups is 2. The highest BCUT2D eigenvalue weighted by Gasteiger charge is 2.23. The summed E-state index contributed by atoms with van der Waals surface area (Å²) in [6.45, 7) is 6.62. The van der Waals surface area contributed by atoms with Crippen LogP contribution >= 0.6 is 12.4 Å². The first-order valence-electron chi connectivity index (χ1n) is 8.19. The van der Waals surface area contributed by atoms with Crippen molar-refractivity contribution < 1.29 is 9.59 Å². The van der Waals surface area contributed by atoms with Crippen LogP contribution < -0.4 is 5.73 Å². The number of rotatable bonds is 7. The van der Waals surface area contributed by atoms with E-state index in [9.17, 15) is 9.59 Å². The molecule has 5 nitrogen and oxygen atoms in total. The first-order chi connectivity index (χ1) is 11.5. The van der Waals surface area contributed by atoms with Gasteiger partial charge in [0.2, 0.25) is 0 Å². The van der Waals surface area contributed by atoms with Gasteiger partial charge >= 0.3 is 0 Å². The molecule has 136 valence electrons. The number of hydrogen-bond acceptors (Lipinski definition) is 3. The van der Waals surface area contributed by atoms with Gasteiger partial charge in [0.05, 0.1) is 0 Å². The molecule has 0 fully saturated rings. The number of Topliss-reactive ketones (excluding diaryl/α,β-unsaturated/α-hetero) is 1. The normalized spacial score (nSPS) is 10.2. The van der Waals surface area contributed by atoms with Crippen molar-refractivity contribution in [2.24, 2.45) is 5.73 Å². The van der Waals surface area contributed by atoms with Gasteiger partial charge in [-0.25, -0.2) is 0 Å². The molecule has 0 aliphatic heterocycles. The molecule has 1 heterocycles. The lowest BCUT2D eigenvalue weighted by atomic mass is 10.1. The summed E-state index contributed by atoms with van der Waals surface area (Å²) in [4.78, 5) is 29.5. The van der Waals surface area contributed by atoms with E-state index in [1.54, 1.807) is 4.90 Å². The Morgan fingerprint density at radius 3 is 2.28 bits per heavy atom. The van der Waals surface area contributed by atoms with Gasteiger partial charge in [0.25, 0.3) is 5.91 Å². The van der Waals surface area contributed by atoms with E-state index >= 15 is 0 Å². The summed E-state index contributed by atoms with van der Waals surface area (Å²) in [6.07, 6.45) is 0.769. The summed E-state index contributed by atoms with van der Waals surface area (Å²) >= 11 is 0. The standard InChI is InChI=1S/C19H25N3O2.ClH/c1-13-17(15(3)23)14(2)21-18(13)19(24)22(12-10-20)11-9-16-7-5-4-6-8-16;/h4-8,21H,9-12,20H2,1-3H3;1H. The van der Waals surface area contributed by atoms with E-state index in [0.717, 1.165) is 12.1 Å². The second-order valence-corrected chi connectivity index (χ2v) is 6.00. The molecule has 0 saturated heterocycles. The molecule has 2 rings (SSSR count). The van der Waals surface area contributed by atoms with E-state index in [1.807, 2.05) is 44.2 Å². The zero-order valence-corrected chi connectivity index (χ0v) is 15.8. The van der Waals surface area contributed by atoms with Crippen LogP contribution in [0.4, 0.5) is 0 Å². The number of nitrogens with one attached hydrogen (secondary N) is 1. The van der Waals surface area contributed by atoms with E-state index in [1.165, 1.54) is 12.5 Å². The second kappa shape index (κ2) is 9.39. The number of aromatic amines is 1. The van der Waals surface area contributed by atoms with Gasteiger partial charge in [0.1, 0.15) is 5.69 Å². The van der Waals surface area contributed by atoms with Crippen LogP contribution in [0.25, 0.3) is 0 Å². The third-order valence-electron chi connectivity index (χ3n) is 4.20. The van der Waals surface area contributed by atoms with Gasteiger partial charge in [-0.3, -0.25) is 9.59 Å². The molecular formula is C19H26ClN3O2. The van der Waals surface area contributed by atoms with Crippen LogP contribution in [0.15, 0.2) is 30.3 Å². The second-order valence-electron chi connectivity index (χ2n) is 6.00. The Labute approximate surface area is 155 Å². The van der Waals surface area contributed by atoms with E-state index in [0.29, 0.717) is 36.5 Å². The van der Waals surface area contributed by atoms with Gasteiger partial charge in [-0.05, 0) is 38.3 Å². The molecule has 2 aromatic rings. The van der Waals surface area contributed by atoms with Gasteiger partial charge < -0.3 is 15.6 Å². The molecule has 0 saturated carbocycles. The maximum absolute atomic E-state index is 12.9. The van der Waals surface area contributed by atoms with Crippen molar-refractivity contribution in [3.05, 3.63) is 58.4 Å². The number of amides is 1. The highest BCUT2D eigenvalue weighted by atomic mass is 35.5. The van der Waals surface area contributed by atoms with E-state index in [2.05, 4.69) is 4.98 Å². The van der Waals surface area contributed by atoms with Crippen molar-refractivity contribution >= 4 is 24.1 Å². The fraction of sp³-hybridized carbons (Fsp3) is 0.368. The highest BCUT2D eigenvalue weighted by molar-refractivity contribution is 6.02. The number of H-pyrrole nitrogens is 1. The SMILES string of the molecule is CC(=O)c1c(C)[nH]c(C(=O)N(CCN)CCc2ccccc2)c1C.Cl. The smallest absolute Gasteiger partial charge is 0.270 e. The summed E-state index contributed by atoms with van der Waals surface area (Å²) in [7, 11) is 0. The Bertz CT molecular complexity index is 726. The van der Waals surface area contributed by atoms with Crippen molar-refractivity contribution in [1.29, 1.82) is 0 Å². The van der Waals surface area contributed by atoms with Crippen LogP contribution in [-0.2, 0) is 6.42 Å². The lowest BCUT2D eigenvalue weighted by molar-refractivity contribution is 0.0756. The van der Waals surface area contributed by atoms with Crippen LogP contribution in [-0.4, -0.2) is 41.2 Å². The molecule has 0 bridgehead atoms. The van der Waals surface area contributed by atoms with Crippen molar-refractivity contribution in [2.75, 3.05) is 19.6 Å². The molecular weight excluding hydrogens is 338 g/mol. The van der Waals surface area contributed by atoms with Crippen molar-refractivity contribution in [1.82, 2.24) is 9.88 Å². The van der Waals surface area contributed by atoms with Gasteiger partial charge in [-0.1, -0.05) is 30.3 Å². The number of aryl methyl sites for hydroxylation is 1. The van der Waals surface area contributed by atoms with Crippen LogP contribution in [0, 0.1) is 13.8 Å². The average Bonchev–Trinajstić information content (AvgIpc) is 2.86. The van der Waals surface area contributed by atoms with Gasteiger partial charge in [-0.15, -0.1) is 12.4 Å². The van der Waals surface area contributed by atoms with E-state index in [4.69, 9.17) is 5.73 Å². The van der Waals surface area contributed by atoms with Crippen LogP contribution in [0.2, 0.25) is 0 Å². The molecule has 6 heteroatoms. The molecule has 0 aliphatic rings. The molecule has 0 radical (unpaired) electrons. The third kappa shape index (κ3) is 4.94. The zero-order chi connectivity index (χ0) is 17.7. The summed E-state index contributed by atoms with van der Waals surface area (Å²) in [6, 6.07) is 10.0. The number of benzene rings is 1. The quantitative estimate of drug-likeness (QED) is 0.742. The zero-order valence-electron chi connectivity index (χ0n) is 15.0. The van der Waals surface area contributed by atoms with Crippen LogP contribution in [0.5, 0.6) is 0 Å². The fourth-order valence-electron chi connectivity index (χ4n) is 3.03. The molecule has 0 unspecified atom stereocenters. The third-order valence-corrected chi connectivity index (χ3v) is 4.20. The van der Waals surface area contributed by atoms with E-state index < -0.39 is 0 Å². The summed E-state index contributed by atoms with van der Waals surface area (Å²) in [5.41, 5.74) is 9.40. The topological polar surface area (TPSA) is 79.2 Å². The van der Waals surface area contributed by atoms with Gasteiger partial charge in [-0.2, -0.15) is 0 Å². The Morgan fingerprint density at radius 1 is 1.12 bits per heavy atom. The monoisotopic (exact) mass is 363 g/mol.